The van der Waals surface area contributed by atoms with Crippen molar-refractivity contribution in [2.75, 3.05) is 19.1 Å². The molecular weight excluding hydrogens is 434 g/mol. The average molecular weight is 466 g/mol. The predicted molar refractivity (Wildman–Crippen MR) is 109 cm³/mol. The van der Waals surface area contributed by atoms with Gasteiger partial charge in [-0.05, 0) is 12.8 Å². The van der Waals surface area contributed by atoms with Crippen molar-refractivity contribution in [3.63, 3.8) is 0 Å². The van der Waals surface area contributed by atoms with E-state index in [4.69, 9.17) is 35.3 Å². The molecule has 1 amide bonds. The minimum Gasteiger partial charge on any atom is -0.463 e. The van der Waals surface area contributed by atoms with Crippen LogP contribution < -0.4 is 5.32 Å². The highest BCUT2D eigenvalue weighted by molar-refractivity contribution is 6.17. The molecule has 1 saturated heterocycles. The molecule has 0 radical (unpaired) electrons. The highest BCUT2D eigenvalue weighted by Gasteiger charge is 2.51. The molecule has 1 N–H and O–H groups in total. The Morgan fingerprint density at radius 2 is 1.48 bits per heavy atom. The molecule has 0 aromatic rings. The third kappa shape index (κ3) is 10.3. The van der Waals surface area contributed by atoms with E-state index in [1.54, 1.807) is 0 Å². The first kappa shape index (κ1) is 27.1. The molecule has 178 valence electrons. The molecule has 0 aromatic carbocycles. The van der Waals surface area contributed by atoms with E-state index >= 15 is 0 Å². The number of ether oxygens (including phenoxy) is 5. The second-order valence-corrected chi connectivity index (χ2v) is 7.57. The first-order valence-corrected chi connectivity index (χ1v) is 10.8. The van der Waals surface area contributed by atoms with Crippen LogP contribution in [0.2, 0.25) is 0 Å². The van der Waals surface area contributed by atoms with Gasteiger partial charge in [0.05, 0.1) is 0 Å². The number of halogens is 1. The first-order chi connectivity index (χ1) is 14.6. The van der Waals surface area contributed by atoms with Crippen molar-refractivity contribution in [2.24, 2.45) is 0 Å². The van der Waals surface area contributed by atoms with Crippen LogP contribution in [0.4, 0.5) is 0 Å². The van der Waals surface area contributed by atoms with E-state index in [9.17, 15) is 19.2 Å². The summed E-state index contributed by atoms with van der Waals surface area (Å²) in [5.74, 6) is -1.68. The summed E-state index contributed by atoms with van der Waals surface area (Å²) in [6.45, 7) is 4.95. The van der Waals surface area contributed by atoms with Crippen molar-refractivity contribution >= 4 is 35.4 Å². The van der Waals surface area contributed by atoms with Crippen LogP contribution in [0, 0.1) is 0 Å². The van der Waals surface area contributed by atoms with Gasteiger partial charge < -0.3 is 29.0 Å². The SMILES string of the molecule is CC(=O)N[C@H]1[C@H](OCCCCCCCl)O[C@H](COC(C)=O)[C@@H](OC(C)=O)[C@@H]1OC(C)=O. The van der Waals surface area contributed by atoms with Gasteiger partial charge in [-0.2, -0.15) is 0 Å². The van der Waals surface area contributed by atoms with Crippen molar-refractivity contribution < 1.29 is 42.9 Å². The van der Waals surface area contributed by atoms with Crippen LogP contribution in [0.1, 0.15) is 53.4 Å². The van der Waals surface area contributed by atoms with Crippen LogP contribution in [0.15, 0.2) is 0 Å². The van der Waals surface area contributed by atoms with Gasteiger partial charge >= 0.3 is 17.9 Å². The van der Waals surface area contributed by atoms with Crippen molar-refractivity contribution in [2.45, 2.75) is 84.0 Å². The molecule has 0 aliphatic carbocycles. The Hall–Kier alpha value is -1.91. The number of rotatable bonds is 12. The molecule has 1 aliphatic rings. The normalized spacial score (nSPS) is 25.4. The van der Waals surface area contributed by atoms with Crippen LogP contribution in [-0.4, -0.2) is 73.6 Å². The Kier molecular flexibility index (Phi) is 12.4. The van der Waals surface area contributed by atoms with Crippen LogP contribution in [0.25, 0.3) is 0 Å². The van der Waals surface area contributed by atoms with Gasteiger partial charge in [-0.1, -0.05) is 12.8 Å². The first-order valence-electron chi connectivity index (χ1n) is 10.2. The molecule has 31 heavy (non-hydrogen) atoms. The van der Waals surface area contributed by atoms with Gasteiger partial charge in [-0.3, -0.25) is 19.2 Å². The van der Waals surface area contributed by atoms with Gasteiger partial charge in [0.25, 0.3) is 0 Å². The van der Waals surface area contributed by atoms with Crippen molar-refractivity contribution in [3.8, 4) is 0 Å². The Morgan fingerprint density at radius 1 is 0.871 bits per heavy atom. The monoisotopic (exact) mass is 465 g/mol. The van der Waals surface area contributed by atoms with Crippen molar-refractivity contribution in [3.05, 3.63) is 0 Å². The number of carbonyl (C=O) groups excluding carboxylic acids is 4. The Balaban J connectivity index is 3.07. The number of amides is 1. The maximum atomic E-state index is 11.8. The van der Waals surface area contributed by atoms with Gasteiger partial charge in [0.15, 0.2) is 18.5 Å². The van der Waals surface area contributed by atoms with Crippen molar-refractivity contribution in [1.29, 1.82) is 0 Å². The Labute approximate surface area is 187 Å². The quantitative estimate of drug-likeness (QED) is 0.197. The molecule has 10 nitrogen and oxygen atoms in total. The summed E-state index contributed by atoms with van der Waals surface area (Å²) in [5.41, 5.74) is 0. The summed E-state index contributed by atoms with van der Waals surface area (Å²) in [6, 6.07) is -0.942. The number of hydrogen-bond acceptors (Lipinski definition) is 9. The number of alkyl halides is 1. The molecule has 1 rings (SSSR count). The number of carbonyl (C=O) groups is 4. The maximum absolute atomic E-state index is 11.8. The van der Waals surface area contributed by atoms with Gasteiger partial charge in [-0.25, -0.2) is 0 Å². The Bertz CT molecular complexity index is 615. The third-order valence-corrected chi connectivity index (χ3v) is 4.65. The summed E-state index contributed by atoms with van der Waals surface area (Å²) in [4.78, 5) is 46.5. The van der Waals surface area contributed by atoms with Crippen LogP contribution in [-0.2, 0) is 42.9 Å². The van der Waals surface area contributed by atoms with Crippen LogP contribution >= 0.6 is 11.6 Å². The fraction of sp³-hybridized carbons (Fsp3) is 0.800. The molecule has 5 atom stereocenters. The molecule has 0 bridgehead atoms. The summed E-state index contributed by atoms with van der Waals surface area (Å²) in [7, 11) is 0. The van der Waals surface area contributed by atoms with Crippen molar-refractivity contribution in [1.82, 2.24) is 5.32 Å². The minimum atomic E-state index is -1.12. The third-order valence-electron chi connectivity index (χ3n) is 4.38. The fourth-order valence-corrected chi connectivity index (χ4v) is 3.37. The van der Waals surface area contributed by atoms with E-state index in [0.717, 1.165) is 25.7 Å². The van der Waals surface area contributed by atoms with E-state index < -0.39 is 54.5 Å². The second-order valence-electron chi connectivity index (χ2n) is 7.19. The van der Waals surface area contributed by atoms with Crippen LogP contribution in [0.5, 0.6) is 0 Å². The zero-order valence-corrected chi connectivity index (χ0v) is 19.1. The predicted octanol–water partition coefficient (Wildman–Crippen LogP) is 1.46. The van der Waals surface area contributed by atoms with E-state index in [2.05, 4.69) is 5.32 Å². The molecule has 0 spiro atoms. The lowest BCUT2D eigenvalue weighted by Gasteiger charge is -2.44. The molecule has 0 saturated carbocycles. The lowest BCUT2D eigenvalue weighted by molar-refractivity contribution is -0.277. The molecular formula is C20H32ClNO9. The molecule has 1 heterocycles. The summed E-state index contributed by atoms with van der Waals surface area (Å²) >= 11 is 5.67. The average Bonchev–Trinajstić information content (AvgIpc) is 2.66. The molecule has 1 fully saturated rings. The molecule has 0 unspecified atom stereocenters. The van der Waals surface area contributed by atoms with Gasteiger partial charge in [-0.15, -0.1) is 11.6 Å². The van der Waals surface area contributed by atoms with E-state index in [1.165, 1.54) is 27.7 Å². The zero-order valence-electron chi connectivity index (χ0n) is 18.4. The summed E-state index contributed by atoms with van der Waals surface area (Å²) in [6.07, 6.45) is -0.750. The zero-order chi connectivity index (χ0) is 23.4. The van der Waals surface area contributed by atoms with Gasteiger partial charge in [0.2, 0.25) is 5.91 Å². The lowest BCUT2D eigenvalue weighted by atomic mass is 9.96. The standard InChI is InChI=1S/C20H32ClNO9/c1-12(23)22-17-19(30-15(4)26)18(29-14(3)25)16(11-28-13(2)24)31-20(17)27-10-8-6-5-7-9-21/h16-20H,5-11H2,1-4H3,(H,22,23)/t16-,17-,18-,19-,20-/m1/s1. The van der Waals surface area contributed by atoms with E-state index in [1.807, 2.05) is 0 Å². The van der Waals surface area contributed by atoms with E-state index in [0.29, 0.717) is 12.5 Å². The number of nitrogens with one attached hydrogen (secondary N) is 1. The molecule has 1 aliphatic heterocycles. The van der Waals surface area contributed by atoms with Gasteiger partial charge in [0.1, 0.15) is 18.8 Å². The topological polar surface area (TPSA) is 126 Å². The Morgan fingerprint density at radius 3 is 2.03 bits per heavy atom. The largest absolute Gasteiger partial charge is 0.463 e. The fourth-order valence-electron chi connectivity index (χ4n) is 3.18. The number of unbranched alkanes of at least 4 members (excludes halogenated alkanes) is 3. The summed E-state index contributed by atoms with van der Waals surface area (Å²) in [5, 5.41) is 2.65. The second kappa shape index (κ2) is 14.2. The minimum absolute atomic E-state index is 0.257. The number of esters is 3. The van der Waals surface area contributed by atoms with Gasteiger partial charge in [0, 0.05) is 40.2 Å². The van der Waals surface area contributed by atoms with Crippen LogP contribution in [0.3, 0.4) is 0 Å². The molecule has 11 heteroatoms. The number of hydrogen-bond donors (Lipinski definition) is 1. The highest BCUT2D eigenvalue weighted by Crippen LogP contribution is 2.28. The maximum Gasteiger partial charge on any atom is 0.303 e. The smallest absolute Gasteiger partial charge is 0.303 e. The highest BCUT2D eigenvalue weighted by atomic mass is 35.5. The molecule has 0 aromatic heterocycles. The van der Waals surface area contributed by atoms with E-state index in [-0.39, 0.29) is 6.61 Å². The lowest BCUT2D eigenvalue weighted by Crippen LogP contribution is -2.66. The summed E-state index contributed by atoms with van der Waals surface area (Å²) < 4.78 is 27.5.